The molecular formula is C14H17N3O2S. The van der Waals surface area contributed by atoms with Crippen molar-refractivity contribution in [1.29, 1.82) is 5.26 Å². The minimum atomic E-state index is -0.614. The largest absolute Gasteiger partial charge is 0.293 e. The highest BCUT2D eigenvalue weighted by Crippen LogP contribution is 2.24. The summed E-state index contributed by atoms with van der Waals surface area (Å²) in [6.07, 6.45) is 1.46. The van der Waals surface area contributed by atoms with Crippen LogP contribution in [-0.2, 0) is 9.59 Å². The van der Waals surface area contributed by atoms with E-state index in [1.54, 1.807) is 33.2 Å². The lowest BCUT2D eigenvalue weighted by molar-refractivity contribution is -0.122. The summed E-state index contributed by atoms with van der Waals surface area (Å²) >= 11 is 1.29. The zero-order chi connectivity index (χ0) is 15.5. The molecule has 0 radical (unpaired) electrons. The zero-order valence-electron chi connectivity index (χ0n) is 12.2. The number of ketones is 1. The summed E-state index contributed by atoms with van der Waals surface area (Å²) in [6, 6.07) is 1.91. The highest BCUT2D eigenvalue weighted by atomic mass is 32.1. The van der Waals surface area contributed by atoms with Crippen molar-refractivity contribution in [2.45, 2.75) is 27.7 Å². The lowest BCUT2D eigenvalue weighted by Gasteiger charge is -2.15. The van der Waals surface area contributed by atoms with Gasteiger partial charge >= 0.3 is 0 Å². The zero-order valence-corrected chi connectivity index (χ0v) is 13.0. The Balaban J connectivity index is 3.08. The number of amides is 1. The Kier molecular flexibility index (Phi) is 4.79. The molecule has 106 valence electrons. The van der Waals surface area contributed by atoms with E-state index in [4.69, 9.17) is 5.26 Å². The molecule has 5 nitrogen and oxygen atoms in total. The van der Waals surface area contributed by atoms with Crippen LogP contribution in [0.25, 0.3) is 6.08 Å². The van der Waals surface area contributed by atoms with Crippen LogP contribution in [0.4, 0.5) is 5.13 Å². The van der Waals surface area contributed by atoms with E-state index in [-0.39, 0.29) is 17.3 Å². The number of nitriles is 1. The van der Waals surface area contributed by atoms with Crippen molar-refractivity contribution in [3.63, 3.8) is 0 Å². The summed E-state index contributed by atoms with van der Waals surface area (Å²) in [6.45, 7) is 6.73. The van der Waals surface area contributed by atoms with Gasteiger partial charge in [-0.2, -0.15) is 5.26 Å². The number of hydrogen-bond donors (Lipinski definition) is 0. The van der Waals surface area contributed by atoms with Crippen molar-refractivity contribution >= 4 is 34.2 Å². The van der Waals surface area contributed by atoms with E-state index >= 15 is 0 Å². The molecular weight excluding hydrogens is 274 g/mol. The van der Waals surface area contributed by atoms with Crippen LogP contribution >= 0.6 is 11.3 Å². The van der Waals surface area contributed by atoms with Gasteiger partial charge in [0.05, 0.1) is 11.3 Å². The molecule has 20 heavy (non-hydrogen) atoms. The summed E-state index contributed by atoms with van der Waals surface area (Å²) in [5.74, 6) is -0.351. The van der Waals surface area contributed by atoms with Gasteiger partial charge < -0.3 is 0 Å². The van der Waals surface area contributed by atoms with E-state index in [0.29, 0.717) is 10.8 Å². The highest BCUT2D eigenvalue weighted by molar-refractivity contribution is 7.14. The first-order chi connectivity index (χ1) is 9.16. The molecule has 1 aromatic heterocycles. The Hall–Kier alpha value is -2.00. The fourth-order valence-electron chi connectivity index (χ4n) is 1.33. The number of thiazole rings is 1. The normalized spacial score (nSPS) is 11.9. The fraction of sp³-hybridized carbons (Fsp3) is 0.429. The van der Waals surface area contributed by atoms with Crippen molar-refractivity contribution in [1.82, 2.24) is 4.98 Å². The SMILES string of the molecule is CC(=O)N(C)c1nc(C=C(C#N)C(=O)C(C)(C)C)cs1. The number of rotatable bonds is 3. The first-order valence-electron chi connectivity index (χ1n) is 6.03. The van der Waals surface area contributed by atoms with Gasteiger partial charge in [-0.3, -0.25) is 14.5 Å². The number of nitrogens with zero attached hydrogens (tertiary/aromatic N) is 3. The number of allylic oxidation sites excluding steroid dienone is 1. The molecule has 0 atom stereocenters. The molecule has 0 unspecified atom stereocenters. The summed E-state index contributed by atoms with van der Waals surface area (Å²) in [5.41, 5.74) is -0.0385. The second-order valence-electron chi connectivity index (χ2n) is 5.38. The molecule has 1 aromatic rings. The van der Waals surface area contributed by atoms with Crippen LogP contribution < -0.4 is 4.90 Å². The van der Waals surface area contributed by atoms with Crippen molar-refractivity contribution < 1.29 is 9.59 Å². The van der Waals surface area contributed by atoms with E-state index in [0.717, 1.165) is 0 Å². The van der Waals surface area contributed by atoms with Crippen LogP contribution in [-0.4, -0.2) is 23.7 Å². The van der Waals surface area contributed by atoms with Crippen molar-refractivity contribution in [3.8, 4) is 6.07 Å². The van der Waals surface area contributed by atoms with Crippen LogP contribution in [0, 0.1) is 16.7 Å². The van der Waals surface area contributed by atoms with E-state index in [2.05, 4.69) is 4.98 Å². The number of carbonyl (C=O) groups excluding carboxylic acids is 2. The Morgan fingerprint density at radius 1 is 1.45 bits per heavy atom. The van der Waals surface area contributed by atoms with Crippen LogP contribution in [0.5, 0.6) is 0 Å². The van der Waals surface area contributed by atoms with Crippen molar-refractivity contribution in [2.75, 3.05) is 11.9 Å². The van der Waals surface area contributed by atoms with Crippen LogP contribution in [0.2, 0.25) is 0 Å². The summed E-state index contributed by atoms with van der Waals surface area (Å²) in [4.78, 5) is 29.0. The number of hydrogen-bond acceptors (Lipinski definition) is 5. The predicted octanol–water partition coefficient (Wildman–Crippen LogP) is 2.65. The van der Waals surface area contributed by atoms with Crippen LogP contribution in [0.3, 0.4) is 0 Å². The molecule has 0 aliphatic carbocycles. The average molecular weight is 291 g/mol. The predicted molar refractivity (Wildman–Crippen MR) is 79.3 cm³/mol. The Bertz CT molecular complexity index is 603. The Morgan fingerprint density at radius 3 is 2.50 bits per heavy atom. The molecule has 0 saturated heterocycles. The van der Waals surface area contributed by atoms with Gasteiger partial charge in [-0.15, -0.1) is 11.3 Å². The molecule has 6 heteroatoms. The van der Waals surface area contributed by atoms with Crippen LogP contribution in [0.1, 0.15) is 33.4 Å². The number of carbonyl (C=O) groups is 2. The second kappa shape index (κ2) is 5.97. The summed E-state index contributed by atoms with van der Waals surface area (Å²) in [7, 11) is 1.63. The molecule has 0 bridgehead atoms. The van der Waals surface area contributed by atoms with Gasteiger partial charge in [-0.25, -0.2) is 4.98 Å². The van der Waals surface area contributed by atoms with Crippen LogP contribution in [0.15, 0.2) is 11.0 Å². The van der Waals surface area contributed by atoms with E-state index in [9.17, 15) is 9.59 Å². The maximum Gasteiger partial charge on any atom is 0.225 e. The topological polar surface area (TPSA) is 74.1 Å². The lowest BCUT2D eigenvalue weighted by atomic mass is 9.86. The fourth-order valence-corrected chi connectivity index (χ4v) is 2.12. The molecule has 0 spiro atoms. The summed E-state index contributed by atoms with van der Waals surface area (Å²) in [5, 5.41) is 11.3. The third-order valence-corrected chi connectivity index (χ3v) is 3.54. The molecule has 0 aliphatic heterocycles. The number of anilines is 1. The van der Waals surface area contributed by atoms with E-state index in [1.165, 1.54) is 29.2 Å². The standard InChI is InChI=1S/C14H17N3O2S/c1-9(18)17(5)13-16-11(8-20-13)6-10(7-15)12(19)14(2,3)4/h6,8H,1-5H3. The van der Waals surface area contributed by atoms with Crippen molar-refractivity contribution in [3.05, 3.63) is 16.6 Å². The quantitative estimate of drug-likeness (QED) is 0.634. The molecule has 1 heterocycles. The number of Topliss-reactive ketones (excluding diaryl/α,β-unsaturated/α-hetero) is 1. The molecule has 1 amide bonds. The van der Waals surface area contributed by atoms with Gasteiger partial charge in [-0.1, -0.05) is 20.8 Å². The van der Waals surface area contributed by atoms with Gasteiger partial charge in [0.25, 0.3) is 0 Å². The van der Waals surface area contributed by atoms with Gasteiger partial charge in [0.1, 0.15) is 6.07 Å². The lowest BCUT2D eigenvalue weighted by Crippen LogP contribution is -2.22. The van der Waals surface area contributed by atoms with Gasteiger partial charge in [0, 0.05) is 24.8 Å². The maximum atomic E-state index is 12.1. The smallest absolute Gasteiger partial charge is 0.225 e. The van der Waals surface area contributed by atoms with E-state index < -0.39 is 5.41 Å². The molecule has 1 rings (SSSR count). The molecule has 0 aromatic carbocycles. The van der Waals surface area contributed by atoms with Gasteiger partial charge in [0.15, 0.2) is 10.9 Å². The average Bonchev–Trinajstić information content (AvgIpc) is 2.81. The summed E-state index contributed by atoms with van der Waals surface area (Å²) < 4.78 is 0. The third-order valence-electron chi connectivity index (χ3n) is 2.61. The number of aromatic nitrogens is 1. The molecule has 0 saturated carbocycles. The first kappa shape index (κ1) is 16.1. The first-order valence-corrected chi connectivity index (χ1v) is 6.91. The Labute approximate surface area is 122 Å². The second-order valence-corrected chi connectivity index (χ2v) is 6.22. The van der Waals surface area contributed by atoms with E-state index in [1.807, 2.05) is 6.07 Å². The minimum Gasteiger partial charge on any atom is -0.293 e. The molecule has 0 aliphatic rings. The van der Waals surface area contributed by atoms with Crippen molar-refractivity contribution in [2.24, 2.45) is 5.41 Å². The monoisotopic (exact) mass is 291 g/mol. The minimum absolute atomic E-state index is 0.0693. The Morgan fingerprint density at radius 2 is 2.05 bits per heavy atom. The molecule has 0 fully saturated rings. The third kappa shape index (κ3) is 3.75. The van der Waals surface area contributed by atoms with Gasteiger partial charge in [0.2, 0.25) is 5.91 Å². The van der Waals surface area contributed by atoms with Gasteiger partial charge in [-0.05, 0) is 6.08 Å². The maximum absolute atomic E-state index is 12.1. The molecule has 0 N–H and O–H groups in total. The highest BCUT2D eigenvalue weighted by Gasteiger charge is 2.25.